The van der Waals surface area contributed by atoms with E-state index in [-0.39, 0.29) is 6.61 Å². The average molecular weight is 295 g/mol. The van der Waals surface area contributed by atoms with Crippen LogP contribution < -0.4 is 10.5 Å². The predicted molar refractivity (Wildman–Crippen MR) is 79.9 cm³/mol. The molecule has 1 amide bonds. The molecule has 0 fully saturated rings. The SMILES string of the molecule is NC(=O)COc1ccccc1-c1nc(-c2ccccc2)no1. The van der Waals surface area contributed by atoms with Crippen molar-refractivity contribution < 1.29 is 14.1 Å². The van der Waals surface area contributed by atoms with E-state index in [2.05, 4.69) is 10.1 Å². The molecule has 0 bridgehead atoms. The highest BCUT2D eigenvalue weighted by molar-refractivity contribution is 5.76. The number of hydrogen-bond acceptors (Lipinski definition) is 5. The Morgan fingerprint density at radius 3 is 2.59 bits per heavy atom. The van der Waals surface area contributed by atoms with Gasteiger partial charge in [0.2, 0.25) is 5.82 Å². The first-order valence-corrected chi connectivity index (χ1v) is 6.63. The van der Waals surface area contributed by atoms with Crippen molar-refractivity contribution in [1.82, 2.24) is 10.1 Å². The zero-order valence-corrected chi connectivity index (χ0v) is 11.6. The number of carbonyl (C=O) groups excluding carboxylic acids is 1. The van der Waals surface area contributed by atoms with E-state index in [1.165, 1.54) is 0 Å². The third-order valence-electron chi connectivity index (χ3n) is 2.95. The van der Waals surface area contributed by atoms with Crippen LogP contribution in [0, 0.1) is 0 Å². The van der Waals surface area contributed by atoms with Crippen LogP contribution in [0.3, 0.4) is 0 Å². The Morgan fingerprint density at radius 2 is 1.82 bits per heavy atom. The molecular weight excluding hydrogens is 282 g/mol. The molecule has 6 nitrogen and oxygen atoms in total. The van der Waals surface area contributed by atoms with Crippen LogP contribution in [0.25, 0.3) is 22.8 Å². The van der Waals surface area contributed by atoms with Gasteiger partial charge < -0.3 is 15.0 Å². The molecule has 0 saturated heterocycles. The highest BCUT2D eigenvalue weighted by Crippen LogP contribution is 2.29. The molecule has 0 radical (unpaired) electrons. The lowest BCUT2D eigenvalue weighted by Gasteiger charge is -2.06. The topological polar surface area (TPSA) is 91.2 Å². The fourth-order valence-corrected chi connectivity index (χ4v) is 1.96. The van der Waals surface area contributed by atoms with Gasteiger partial charge in [-0.2, -0.15) is 4.98 Å². The number of benzene rings is 2. The van der Waals surface area contributed by atoms with Gasteiger partial charge in [-0.1, -0.05) is 47.6 Å². The lowest BCUT2D eigenvalue weighted by Crippen LogP contribution is -2.20. The summed E-state index contributed by atoms with van der Waals surface area (Å²) < 4.78 is 10.7. The molecule has 0 aliphatic heterocycles. The largest absolute Gasteiger partial charge is 0.483 e. The molecule has 2 N–H and O–H groups in total. The van der Waals surface area contributed by atoms with Crippen molar-refractivity contribution in [2.45, 2.75) is 0 Å². The van der Waals surface area contributed by atoms with Gasteiger partial charge in [0, 0.05) is 5.56 Å². The van der Waals surface area contributed by atoms with Crippen LogP contribution in [0.2, 0.25) is 0 Å². The Morgan fingerprint density at radius 1 is 1.09 bits per heavy atom. The van der Waals surface area contributed by atoms with E-state index >= 15 is 0 Å². The summed E-state index contributed by atoms with van der Waals surface area (Å²) in [6, 6.07) is 16.6. The van der Waals surface area contributed by atoms with E-state index in [0.29, 0.717) is 23.0 Å². The molecule has 110 valence electrons. The van der Waals surface area contributed by atoms with Gasteiger partial charge >= 0.3 is 0 Å². The molecule has 0 spiro atoms. The first-order valence-electron chi connectivity index (χ1n) is 6.63. The number of aromatic nitrogens is 2. The third kappa shape index (κ3) is 2.95. The van der Waals surface area contributed by atoms with Crippen molar-refractivity contribution in [1.29, 1.82) is 0 Å². The van der Waals surface area contributed by atoms with E-state index in [9.17, 15) is 4.79 Å². The van der Waals surface area contributed by atoms with Crippen molar-refractivity contribution in [2.75, 3.05) is 6.61 Å². The van der Waals surface area contributed by atoms with Crippen molar-refractivity contribution in [3.63, 3.8) is 0 Å². The summed E-state index contributed by atoms with van der Waals surface area (Å²) in [5, 5.41) is 3.97. The summed E-state index contributed by atoms with van der Waals surface area (Å²) in [5.74, 6) is 0.717. The second-order valence-corrected chi connectivity index (χ2v) is 4.54. The minimum Gasteiger partial charge on any atom is -0.483 e. The van der Waals surface area contributed by atoms with Crippen LogP contribution in [0.1, 0.15) is 0 Å². The average Bonchev–Trinajstić information content (AvgIpc) is 3.04. The number of nitrogens with zero attached hydrogens (tertiary/aromatic N) is 2. The lowest BCUT2D eigenvalue weighted by molar-refractivity contribution is -0.119. The normalized spacial score (nSPS) is 10.4. The maximum Gasteiger partial charge on any atom is 0.262 e. The number of nitrogens with two attached hydrogens (primary N) is 1. The van der Waals surface area contributed by atoms with Crippen molar-refractivity contribution in [3.05, 3.63) is 54.6 Å². The van der Waals surface area contributed by atoms with Gasteiger partial charge in [0.05, 0.1) is 5.56 Å². The number of para-hydroxylation sites is 1. The highest BCUT2D eigenvalue weighted by atomic mass is 16.5. The fourth-order valence-electron chi connectivity index (χ4n) is 1.96. The first-order chi connectivity index (χ1) is 10.7. The Hall–Kier alpha value is -3.15. The Kier molecular flexibility index (Phi) is 3.82. The van der Waals surface area contributed by atoms with E-state index in [1.807, 2.05) is 36.4 Å². The molecule has 22 heavy (non-hydrogen) atoms. The number of ether oxygens (including phenoxy) is 1. The molecule has 6 heteroatoms. The molecule has 3 aromatic rings. The van der Waals surface area contributed by atoms with Crippen LogP contribution in [0.4, 0.5) is 0 Å². The zero-order valence-electron chi connectivity index (χ0n) is 11.6. The maximum atomic E-state index is 10.9. The Balaban J connectivity index is 1.92. The molecule has 1 heterocycles. The minimum atomic E-state index is -0.551. The molecule has 0 unspecified atom stereocenters. The Bertz CT molecular complexity index is 784. The number of amides is 1. The molecular formula is C16H13N3O3. The van der Waals surface area contributed by atoms with Crippen LogP contribution in [-0.2, 0) is 4.79 Å². The van der Waals surface area contributed by atoms with Gasteiger partial charge in [0.15, 0.2) is 6.61 Å². The monoisotopic (exact) mass is 295 g/mol. The minimum absolute atomic E-state index is 0.212. The smallest absolute Gasteiger partial charge is 0.262 e. The molecule has 3 rings (SSSR count). The quantitative estimate of drug-likeness (QED) is 0.779. The summed E-state index contributed by atoms with van der Waals surface area (Å²) in [6.45, 7) is -0.212. The number of carbonyl (C=O) groups is 1. The highest BCUT2D eigenvalue weighted by Gasteiger charge is 2.15. The summed E-state index contributed by atoms with van der Waals surface area (Å²) in [4.78, 5) is 15.2. The first kappa shape index (κ1) is 13.8. The molecule has 2 aromatic carbocycles. The van der Waals surface area contributed by atoms with Gasteiger partial charge in [-0.3, -0.25) is 4.79 Å². The standard InChI is InChI=1S/C16H13N3O3/c17-14(20)10-21-13-9-5-4-8-12(13)16-18-15(19-22-16)11-6-2-1-3-7-11/h1-9H,10H2,(H2,17,20). The summed E-state index contributed by atoms with van der Waals surface area (Å²) in [6.07, 6.45) is 0. The number of rotatable bonds is 5. The lowest BCUT2D eigenvalue weighted by atomic mass is 10.2. The Labute approximate surface area is 126 Å². The van der Waals surface area contributed by atoms with Gasteiger partial charge in [-0.15, -0.1) is 0 Å². The van der Waals surface area contributed by atoms with E-state index in [0.717, 1.165) is 5.56 Å². The van der Waals surface area contributed by atoms with Gasteiger partial charge in [0.25, 0.3) is 11.8 Å². The molecule has 0 aliphatic carbocycles. The molecule has 1 aromatic heterocycles. The predicted octanol–water partition coefficient (Wildman–Crippen LogP) is 2.27. The maximum absolute atomic E-state index is 10.9. The van der Waals surface area contributed by atoms with Crippen LogP contribution in [0.5, 0.6) is 5.75 Å². The van der Waals surface area contributed by atoms with Gasteiger partial charge in [0.1, 0.15) is 5.75 Å². The molecule has 0 aliphatic rings. The second kappa shape index (κ2) is 6.09. The van der Waals surface area contributed by atoms with Gasteiger partial charge in [-0.25, -0.2) is 0 Å². The van der Waals surface area contributed by atoms with Crippen LogP contribution >= 0.6 is 0 Å². The summed E-state index contributed by atoms with van der Waals surface area (Å²) >= 11 is 0. The van der Waals surface area contributed by atoms with Crippen LogP contribution in [0.15, 0.2) is 59.1 Å². The van der Waals surface area contributed by atoms with E-state index in [4.69, 9.17) is 15.0 Å². The number of hydrogen-bond donors (Lipinski definition) is 1. The van der Waals surface area contributed by atoms with Crippen molar-refractivity contribution >= 4 is 5.91 Å². The summed E-state index contributed by atoms with van der Waals surface area (Å²) in [7, 11) is 0. The summed E-state index contributed by atoms with van der Waals surface area (Å²) in [5.41, 5.74) is 6.56. The molecule has 0 atom stereocenters. The fraction of sp³-hybridized carbons (Fsp3) is 0.0625. The van der Waals surface area contributed by atoms with Crippen LogP contribution in [-0.4, -0.2) is 22.7 Å². The third-order valence-corrected chi connectivity index (χ3v) is 2.95. The van der Waals surface area contributed by atoms with E-state index < -0.39 is 5.91 Å². The van der Waals surface area contributed by atoms with Crippen molar-refractivity contribution in [3.8, 4) is 28.6 Å². The van der Waals surface area contributed by atoms with E-state index in [1.54, 1.807) is 18.2 Å². The zero-order chi connectivity index (χ0) is 15.4. The van der Waals surface area contributed by atoms with Crippen molar-refractivity contribution in [2.24, 2.45) is 5.73 Å². The number of primary amides is 1. The second-order valence-electron chi connectivity index (χ2n) is 4.54. The van der Waals surface area contributed by atoms with Gasteiger partial charge in [-0.05, 0) is 12.1 Å². The molecule has 0 saturated carbocycles.